The third-order valence-electron chi connectivity index (χ3n) is 3.60. The molecule has 0 radical (unpaired) electrons. The van der Waals surface area contributed by atoms with E-state index in [9.17, 15) is 4.79 Å². The second-order valence-electron chi connectivity index (χ2n) is 5.18. The van der Waals surface area contributed by atoms with Crippen molar-refractivity contribution in [1.82, 2.24) is 4.98 Å². The molecule has 0 bridgehead atoms. The lowest BCUT2D eigenvalue weighted by molar-refractivity contribution is -0.116. The summed E-state index contributed by atoms with van der Waals surface area (Å²) in [7, 11) is 0. The van der Waals surface area contributed by atoms with E-state index >= 15 is 0 Å². The Bertz CT molecular complexity index is 668. The maximum absolute atomic E-state index is 11.8. The van der Waals surface area contributed by atoms with Gasteiger partial charge in [-0.25, -0.2) is 0 Å². The third-order valence-corrected chi connectivity index (χ3v) is 3.60. The highest BCUT2D eigenvalue weighted by Gasteiger charge is 2.17. The van der Waals surface area contributed by atoms with Gasteiger partial charge in [-0.05, 0) is 30.2 Å². The van der Waals surface area contributed by atoms with Crippen LogP contribution in [-0.4, -0.2) is 10.9 Å². The number of unbranched alkanes of at least 4 members (excludes halogenated alkanes) is 1. The van der Waals surface area contributed by atoms with E-state index in [4.69, 9.17) is 4.74 Å². The Morgan fingerprint density at radius 2 is 2.24 bits per heavy atom. The summed E-state index contributed by atoms with van der Waals surface area (Å²) in [6, 6.07) is 7.79. The second-order valence-corrected chi connectivity index (χ2v) is 5.18. The minimum Gasteiger partial charge on any atom is -0.488 e. The lowest BCUT2D eigenvalue weighted by atomic mass is 9.98. The summed E-state index contributed by atoms with van der Waals surface area (Å²) in [6.45, 7) is 2.59. The number of hydrogen-bond acceptors (Lipinski definition) is 3. The maximum Gasteiger partial charge on any atom is 0.224 e. The predicted octanol–water partition coefficient (Wildman–Crippen LogP) is 3.77. The molecular formula is C17H18N2O2. The zero-order valence-corrected chi connectivity index (χ0v) is 12.1. The van der Waals surface area contributed by atoms with Crippen LogP contribution in [0.25, 0.3) is 11.1 Å². The van der Waals surface area contributed by atoms with Crippen molar-refractivity contribution in [3.63, 3.8) is 0 Å². The number of nitrogens with one attached hydrogen (secondary N) is 1. The van der Waals surface area contributed by atoms with Crippen LogP contribution in [0.3, 0.4) is 0 Å². The summed E-state index contributed by atoms with van der Waals surface area (Å²) in [5.74, 6) is 0.860. The van der Waals surface area contributed by atoms with Gasteiger partial charge in [-0.1, -0.05) is 13.3 Å². The van der Waals surface area contributed by atoms with Crippen molar-refractivity contribution < 1.29 is 9.53 Å². The summed E-state index contributed by atoms with van der Waals surface area (Å²) in [5, 5.41) is 2.92. The average Bonchev–Trinajstić information content (AvgIpc) is 2.52. The van der Waals surface area contributed by atoms with Crippen molar-refractivity contribution in [3.05, 3.63) is 42.2 Å². The fraction of sp³-hybridized carbons (Fsp3) is 0.294. The molecule has 4 nitrogen and oxygen atoms in total. The molecule has 2 aromatic rings. The minimum atomic E-state index is 0.0530. The monoisotopic (exact) mass is 282 g/mol. The highest BCUT2D eigenvalue weighted by molar-refractivity contribution is 5.91. The van der Waals surface area contributed by atoms with Crippen LogP contribution < -0.4 is 10.1 Å². The Hall–Kier alpha value is -2.36. The zero-order valence-electron chi connectivity index (χ0n) is 12.1. The van der Waals surface area contributed by atoms with Crippen LogP contribution in [0, 0.1) is 0 Å². The van der Waals surface area contributed by atoms with Crippen molar-refractivity contribution in [2.75, 3.05) is 5.32 Å². The molecule has 1 aliphatic rings. The number of rotatable bonds is 4. The van der Waals surface area contributed by atoms with Crippen molar-refractivity contribution in [2.24, 2.45) is 0 Å². The van der Waals surface area contributed by atoms with E-state index in [-0.39, 0.29) is 5.91 Å². The molecule has 1 aromatic carbocycles. The van der Waals surface area contributed by atoms with E-state index in [1.165, 1.54) is 0 Å². The summed E-state index contributed by atoms with van der Waals surface area (Å²) < 4.78 is 5.76. The number of fused-ring (bicyclic) bond motifs is 3. The number of benzene rings is 1. The standard InChI is InChI=1S/C17H18N2O2/c1-2-3-4-17(20)19-13-5-6-15-14-7-8-18-10-12(14)11-21-16(15)9-13/h5-10H,2-4,11H2,1H3,(H,19,20). The topological polar surface area (TPSA) is 51.2 Å². The van der Waals surface area contributed by atoms with Crippen molar-refractivity contribution in [2.45, 2.75) is 32.8 Å². The van der Waals surface area contributed by atoms with Crippen LogP contribution >= 0.6 is 0 Å². The third kappa shape index (κ3) is 2.89. The number of carbonyl (C=O) groups excluding carboxylic acids is 1. The molecule has 1 N–H and O–H groups in total. The van der Waals surface area contributed by atoms with E-state index in [0.29, 0.717) is 13.0 Å². The highest BCUT2D eigenvalue weighted by Crippen LogP contribution is 2.38. The fourth-order valence-corrected chi connectivity index (χ4v) is 2.46. The lowest BCUT2D eigenvalue weighted by Gasteiger charge is -2.21. The molecule has 3 rings (SSSR count). The predicted molar refractivity (Wildman–Crippen MR) is 82.2 cm³/mol. The lowest BCUT2D eigenvalue weighted by Crippen LogP contribution is -2.12. The smallest absolute Gasteiger partial charge is 0.224 e. The van der Waals surface area contributed by atoms with Gasteiger partial charge in [0.2, 0.25) is 5.91 Å². The number of hydrogen-bond donors (Lipinski definition) is 1. The van der Waals surface area contributed by atoms with Crippen LogP contribution in [0.4, 0.5) is 5.69 Å². The van der Waals surface area contributed by atoms with Crippen molar-refractivity contribution in [3.8, 4) is 16.9 Å². The molecule has 0 fully saturated rings. The first-order valence-corrected chi connectivity index (χ1v) is 7.28. The maximum atomic E-state index is 11.8. The molecule has 2 heterocycles. The first-order chi connectivity index (χ1) is 10.3. The van der Waals surface area contributed by atoms with Gasteiger partial charge in [0.1, 0.15) is 12.4 Å². The Kier molecular flexibility index (Phi) is 3.86. The van der Waals surface area contributed by atoms with Gasteiger partial charge in [0.25, 0.3) is 0 Å². The number of amides is 1. The number of anilines is 1. The summed E-state index contributed by atoms with van der Waals surface area (Å²) in [4.78, 5) is 15.9. The van der Waals surface area contributed by atoms with E-state index in [1.807, 2.05) is 30.5 Å². The SMILES string of the molecule is CCCCC(=O)Nc1ccc2c(c1)OCc1cnccc1-2. The van der Waals surface area contributed by atoms with Crippen LogP contribution in [-0.2, 0) is 11.4 Å². The number of carbonyl (C=O) groups is 1. The summed E-state index contributed by atoms with van der Waals surface area (Å²) in [6.07, 6.45) is 6.11. The Morgan fingerprint density at radius 3 is 3.10 bits per heavy atom. The molecule has 0 aliphatic carbocycles. The molecule has 0 atom stereocenters. The molecule has 1 aromatic heterocycles. The molecule has 0 saturated carbocycles. The molecule has 1 amide bonds. The van der Waals surface area contributed by atoms with E-state index in [1.54, 1.807) is 6.20 Å². The molecule has 0 unspecified atom stereocenters. The van der Waals surface area contributed by atoms with Gasteiger partial charge in [-0.3, -0.25) is 9.78 Å². The van der Waals surface area contributed by atoms with Crippen LogP contribution in [0.5, 0.6) is 5.75 Å². The van der Waals surface area contributed by atoms with E-state index in [2.05, 4.69) is 17.2 Å². The minimum absolute atomic E-state index is 0.0530. The van der Waals surface area contributed by atoms with Crippen molar-refractivity contribution >= 4 is 11.6 Å². The zero-order chi connectivity index (χ0) is 14.7. The van der Waals surface area contributed by atoms with Gasteiger partial charge in [0.05, 0.1) is 0 Å². The Balaban J connectivity index is 1.82. The summed E-state index contributed by atoms with van der Waals surface area (Å²) in [5.41, 5.74) is 4.07. The summed E-state index contributed by atoms with van der Waals surface area (Å²) >= 11 is 0. The number of ether oxygens (including phenoxy) is 1. The van der Waals surface area contributed by atoms with Gasteiger partial charge < -0.3 is 10.1 Å². The number of nitrogens with zero attached hydrogens (tertiary/aromatic N) is 1. The average molecular weight is 282 g/mol. The van der Waals surface area contributed by atoms with Gasteiger partial charge in [-0.2, -0.15) is 0 Å². The fourth-order valence-electron chi connectivity index (χ4n) is 2.46. The van der Waals surface area contributed by atoms with Gasteiger partial charge in [0.15, 0.2) is 0 Å². The quantitative estimate of drug-likeness (QED) is 0.928. The Morgan fingerprint density at radius 1 is 1.33 bits per heavy atom. The van der Waals surface area contributed by atoms with E-state index < -0.39 is 0 Å². The molecule has 1 aliphatic heterocycles. The largest absolute Gasteiger partial charge is 0.488 e. The van der Waals surface area contributed by atoms with Crippen LogP contribution in [0.1, 0.15) is 31.7 Å². The molecule has 0 spiro atoms. The van der Waals surface area contributed by atoms with E-state index in [0.717, 1.165) is 41.0 Å². The number of aromatic nitrogens is 1. The molecule has 21 heavy (non-hydrogen) atoms. The van der Waals surface area contributed by atoms with Crippen LogP contribution in [0.15, 0.2) is 36.7 Å². The Labute approximate surface area is 124 Å². The first-order valence-electron chi connectivity index (χ1n) is 7.28. The molecular weight excluding hydrogens is 264 g/mol. The normalized spacial score (nSPS) is 12.0. The van der Waals surface area contributed by atoms with Gasteiger partial charge in [-0.15, -0.1) is 0 Å². The highest BCUT2D eigenvalue weighted by atomic mass is 16.5. The number of pyridine rings is 1. The molecule has 108 valence electrons. The molecule has 4 heteroatoms. The van der Waals surface area contributed by atoms with Crippen LogP contribution in [0.2, 0.25) is 0 Å². The van der Waals surface area contributed by atoms with Crippen molar-refractivity contribution in [1.29, 1.82) is 0 Å². The van der Waals surface area contributed by atoms with Gasteiger partial charge in [0, 0.05) is 41.7 Å². The first kappa shape index (κ1) is 13.6. The second kappa shape index (κ2) is 5.95. The molecule has 0 saturated heterocycles. The van der Waals surface area contributed by atoms with Gasteiger partial charge >= 0.3 is 0 Å².